The van der Waals surface area contributed by atoms with Crippen molar-refractivity contribution in [3.63, 3.8) is 0 Å². The van der Waals surface area contributed by atoms with E-state index in [1.165, 1.54) is 0 Å². The van der Waals surface area contributed by atoms with Gasteiger partial charge in [-0.05, 0) is 31.5 Å². The van der Waals surface area contributed by atoms with Gasteiger partial charge in [0.2, 0.25) is 0 Å². The van der Waals surface area contributed by atoms with Gasteiger partial charge in [0, 0.05) is 5.56 Å². The van der Waals surface area contributed by atoms with Crippen molar-refractivity contribution in [2.24, 2.45) is 0 Å². The first-order valence-electron chi connectivity index (χ1n) is 5.85. The molecule has 0 saturated carbocycles. The highest BCUT2D eigenvalue weighted by Crippen LogP contribution is 2.41. The van der Waals surface area contributed by atoms with Crippen molar-refractivity contribution < 1.29 is 4.74 Å². The van der Waals surface area contributed by atoms with Crippen LogP contribution in [0.2, 0.25) is 10.0 Å². The van der Waals surface area contributed by atoms with E-state index < -0.39 is 5.56 Å². The minimum absolute atomic E-state index is 0.383. The third-order valence-corrected chi connectivity index (χ3v) is 3.54. The molecule has 0 fully saturated rings. The fourth-order valence-electron chi connectivity index (χ4n) is 1.85. The van der Waals surface area contributed by atoms with E-state index in [0.717, 1.165) is 16.7 Å². The van der Waals surface area contributed by atoms with E-state index in [4.69, 9.17) is 39.5 Å². The Bertz CT molecular complexity index is 594. The lowest BCUT2D eigenvalue weighted by Crippen LogP contribution is -2.04. The van der Waals surface area contributed by atoms with E-state index in [1.807, 2.05) is 31.2 Å². The van der Waals surface area contributed by atoms with Crippen molar-refractivity contribution in [3.05, 3.63) is 52.0 Å². The lowest BCUT2D eigenvalue weighted by atomic mass is 10.0. The predicted molar refractivity (Wildman–Crippen MR) is 82.6 cm³/mol. The smallest absolute Gasteiger partial charge is 0.169 e. The monoisotopic (exact) mass is 314 g/mol. The average molecular weight is 316 g/mol. The zero-order valence-electron chi connectivity index (χ0n) is 10.6. The number of halogens is 3. The Balaban J connectivity index is 2.59. The summed E-state index contributed by atoms with van der Waals surface area (Å²) in [5.41, 5.74) is 2.57. The second-order valence-electron chi connectivity index (χ2n) is 4.27. The maximum absolute atomic E-state index is 6.22. The number of rotatable bonds is 3. The molecule has 1 unspecified atom stereocenters. The van der Waals surface area contributed by atoms with E-state index in [9.17, 15) is 0 Å². The average Bonchev–Trinajstić information content (AvgIpc) is 2.35. The Hall–Kier alpha value is -0.890. The zero-order valence-corrected chi connectivity index (χ0v) is 12.9. The van der Waals surface area contributed by atoms with Crippen LogP contribution in [0.4, 0.5) is 0 Å². The molecule has 0 aliphatic carbocycles. The van der Waals surface area contributed by atoms with Crippen LogP contribution < -0.4 is 4.74 Å². The topological polar surface area (TPSA) is 9.23 Å². The van der Waals surface area contributed by atoms with Gasteiger partial charge < -0.3 is 4.74 Å². The molecule has 0 radical (unpaired) electrons. The van der Waals surface area contributed by atoms with Crippen LogP contribution in [0.15, 0.2) is 36.4 Å². The number of aryl methyl sites for hydroxylation is 1. The SMILES string of the molecule is Cc1cccc(-c2ccc(Cl)c(Cl)c2OC(C)Cl)c1. The molecular formula is C15H13Cl3O. The molecule has 0 bridgehead atoms. The van der Waals surface area contributed by atoms with Gasteiger partial charge >= 0.3 is 0 Å². The largest absolute Gasteiger partial charge is 0.473 e. The fraction of sp³-hybridized carbons (Fsp3) is 0.200. The first-order valence-corrected chi connectivity index (χ1v) is 7.04. The minimum Gasteiger partial charge on any atom is -0.473 e. The van der Waals surface area contributed by atoms with E-state index in [-0.39, 0.29) is 0 Å². The Morgan fingerprint density at radius 3 is 2.47 bits per heavy atom. The van der Waals surface area contributed by atoms with Gasteiger partial charge in [-0.25, -0.2) is 0 Å². The normalized spacial score (nSPS) is 12.3. The molecule has 0 aliphatic heterocycles. The number of hydrogen-bond acceptors (Lipinski definition) is 1. The number of alkyl halides is 1. The van der Waals surface area contributed by atoms with Crippen molar-refractivity contribution >= 4 is 34.8 Å². The number of benzene rings is 2. The number of hydrogen-bond donors (Lipinski definition) is 0. The summed E-state index contributed by atoms with van der Waals surface area (Å²) in [6.45, 7) is 3.77. The molecule has 0 spiro atoms. The Morgan fingerprint density at radius 2 is 1.84 bits per heavy atom. The highest BCUT2D eigenvalue weighted by Gasteiger charge is 2.15. The molecule has 2 aromatic carbocycles. The van der Waals surface area contributed by atoms with Crippen LogP contribution in [0, 0.1) is 6.92 Å². The van der Waals surface area contributed by atoms with Gasteiger partial charge in [-0.1, -0.05) is 64.6 Å². The van der Waals surface area contributed by atoms with Crippen LogP contribution in [-0.4, -0.2) is 5.56 Å². The lowest BCUT2D eigenvalue weighted by molar-refractivity contribution is 0.303. The minimum atomic E-state index is -0.487. The summed E-state index contributed by atoms with van der Waals surface area (Å²) >= 11 is 18.2. The third-order valence-electron chi connectivity index (χ3n) is 2.66. The Morgan fingerprint density at radius 1 is 1.11 bits per heavy atom. The van der Waals surface area contributed by atoms with Crippen LogP contribution >= 0.6 is 34.8 Å². The molecule has 19 heavy (non-hydrogen) atoms. The van der Waals surface area contributed by atoms with Crippen molar-refractivity contribution in [1.82, 2.24) is 0 Å². The first-order chi connectivity index (χ1) is 8.99. The molecule has 0 saturated heterocycles. The maximum atomic E-state index is 6.22. The lowest BCUT2D eigenvalue weighted by Gasteiger charge is -2.16. The molecule has 4 heteroatoms. The molecule has 0 N–H and O–H groups in total. The number of ether oxygens (including phenoxy) is 1. The summed E-state index contributed by atoms with van der Waals surface area (Å²) < 4.78 is 5.60. The summed E-state index contributed by atoms with van der Waals surface area (Å²) in [6.07, 6.45) is 0. The van der Waals surface area contributed by atoms with Gasteiger partial charge in [-0.15, -0.1) is 0 Å². The van der Waals surface area contributed by atoms with Crippen molar-refractivity contribution in [3.8, 4) is 16.9 Å². The van der Waals surface area contributed by atoms with Crippen LogP contribution in [-0.2, 0) is 0 Å². The maximum Gasteiger partial charge on any atom is 0.169 e. The van der Waals surface area contributed by atoms with Crippen LogP contribution in [0.3, 0.4) is 0 Å². The van der Waals surface area contributed by atoms with Gasteiger partial charge in [-0.3, -0.25) is 0 Å². The molecule has 0 heterocycles. The quantitative estimate of drug-likeness (QED) is 0.638. The summed E-state index contributed by atoms with van der Waals surface area (Å²) in [5, 5.41) is 0.832. The highest BCUT2D eigenvalue weighted by molar-refractivity contribution is 6.43. The van der Waals surface area contributed by atoms with Gasteiger partial charge in [0.05, 0.1) is 5.02 Å². The third kappa shape index (κ3) is 3.36. The molecule has 2 rings (SSSR count). The fourth-order valence-corrected chi connectivity index (χ4v) is 2.30. The molecular weight excluding hydrogens is 303 g/mol. The van der Waals surface area contributed by atoms with Crippen molar-refractivity contribution in [1.29, 1.82) is 0 Å². The van der Waals surface area contributed by atoms with E-state index in [2.05, 4.69) is 6.07 Å². The van der Waals surface area contributed by atoms with Gasteiger partial charge in [0.1, 0.15) is 10.8 Å². The zero-order chi connectivity index (χ0) is 14.0. The van der Waals surface area contributed by atoms with Crippen LogP contribution in [0.1, 0.15) is 12.5 Å². The molecule has 0 aliphatic rings. The predicted octanol–water partition coefficient (Wildman–Crippen LogP) is 5.93. The van der Waals surface area contributed by atoms with Gasteiger partial charge in [0.15, 0.2) is 5.56 Å². The standard InChI is InChI=1S/C15H13Cl3O/c1-9-4-3-5-11(8-9)12-6-7-13(17)14(18)15(12)19-10(2)16/h3-8,10H,1-2H3. The summed E-state index contributed by atoms with van der Waals surface area (Å²) in [7, 11) is 0. The van der Waals surface area contributed by atoms with Gasteiger partial charge in [0.25, 0.3) is 0 Å². The van der Waals surface area contributed by atoms with E-state index in [1.54, 1.807) is 13.0 Å². The Kier molecular flexibility index (Phi) is 4.62. The van der Waals surface area contributed by atoms with E-state index >= 15 is 0 Å². The summed E-state index contributed by atoms with van der Waals surface area (Å²) in [5.74, 6) is 0.516. The molecule has 0 aromatic heterocycles. The van der Waals surface area contributed by atoms with Gasteiger partial charge in [-0.2, -0.15) is 0 Å². The van der Waals surface area contributed by atoms with Crippen molar-refractivity contribution in [2.45, 2.75) is 19.4 Å². The van der Waals surface area contributed by atoms with Crippen molar-refractivity contribution in [2.75, 3.05) is 0 Å². The summed E-state index contributed by atoms with van der Waals surface area (Å²) in [4.78, 5) is 0. The first kappa shape index (κ1) is 14.5. The highest BCUT2D eigenvalue weighted by atomic mass is 35.5. The summed E-state index contributed by atoms with van der Waals surface area (Å²) in [6, 6.07) is 11.7. The molecule has 1 nitrogen and oxygen atoms in total. The van der Waals surface area contributed by atoms with E-state index in [0.29, 0.717) is 15.8 Å². The molecule has 2 aromatic rings. The molecule has 1 atom stereocenters. The van der Waals surface area contributed by atoms with Crippen LogP contribution in [0.25, 0.3) is 11.1 Å². The molecule has 0 amide bonds. The second kappa shape index (κ2) is 6.04. The molecule has 100 valence electrons. The second-order valence-corrected chi connectivity index (χ2v) is 5.67. The van der Waals surface area contributed by atoms with Crippen LogP contribution in [0.5, 0.6) is 5.75 Å². The Labute approximate surface area is 128 Å².